The molecule has 0 saturated heterocycles. The fraction of sp³-hybridized carbons (Fsp3) is 0.195. The molecule has 0 aliphatic rings. The number of hydrogen-bond acceptors (Lipinski definition) is 5. The van der Waals surface area contributed by atoms with Crippen LogP contribution < -0.4 is 5.32 Å². The maximum Gasteiger partial charge on any atom is 0.328 e. The van der Waals surface area contributed by atoms with Gasteiger partial charge in [-0.2, -0.15) is 0 Å². The van der Waals surface area contributed by atoms with Crippen LogP contribution in [0.4, 0.5) is 0 Å². The minimum absolute atomic E-state index is 0.234. The highest BCUT2D eigenvalue weighted by Gasteiger charge is 2.42. The van der Waals surface area contributed by atoms with Gasteiger partial charge >= 0.3 is 5.97 Å². The predicted octanol–water partition coefficient (Wildman–Crippen LogP) is 7.06. The second kappa shape index (κ2) is 13.3. The third-order valence-electron chi connectivity index (χ3n) is 9.22. The average molecular weight is 638 g/mol. The summed E-state index contributed by atoms with van der Waals surface area (Å²) in [5.41, 5.74) is 2.62. The lowest BCUT2D eigenvalue weighted by Gasteiger charge is -2.37. The van der Waals surface area contributed by atoms with Crippen LogP contribution in [0.1, 0.15) is 59.1 Å². The van der Waals surface area contributed by atoms with Crippen LogP contribution in [-0.2, 0) is 20.7 Å². The lowest BCUT2D eigenvalue weighted by molar-refractivity contribution is -0.142. The van der Waals surface area contributed by atoms with Gasteiger partial charge in [-0.15, -0.1) is 0 Å². The molecule has 0 bridgehead atoms. The largest absolute Gasteiger partial charge is 0.467 e. The molecule has 48 heavy (non-hydrogen) atoms. The van der Waals surface area contributed by atoms with E-state index >= 15 is 0 Å². The number of nitrogens with one attached hydrogen (secondary N) is 1. The van der Waals surface area contributed by atoms with Crippen LogP contribution >= 0.6 is 0 Å². The first-order chi connectivity index (χ1) is 23.2. The van der Waals surface area contributed by atoms with Gasteiger partial charge in [-0.3, -0.25) is 4.79 Å². The van der Waals surface area contributed by atoms with Crippen LogP contribution in [0.2, 0.25) is 0 Å². The van der Waals surface area contributed by atoms with Gasteiger partial charge in [-0.25, -0.2) is 9.78 Å². The van der Waals surface area contributed by atoms with E-state index in [9.17, 15) is 14.7 Å². The Morgan fingerprint density at radius 3 is 1.77 bits per heavy atom. The molecule has 6 rings (SSSR count). The van der Waals surface area contributed by atoms with Gasteiger partial charge in [0.15, 0.2) is 0 Å². The molecule has 5 aromatic carbocycles. The Morgan fingerprint density at radius 2 is 1.25 bits per heavy atom. The molecule has 2 N–H and O–H groups in total. The van der Waals surface area contributed by atoms with E-state index in [0.29, 0.717) is 16.8 Å². The number of fused-ring (bicyclic) bond motifs is 1. The lowest BCUT2D eigenvalue weighted by Crippen LogP contribution is -2.39. The van der Waals surface area contributed by atoms with Crippen LogP contribution in [-0.4, -0.2) is 39.7 Å². The van der Waals surface area contributed by atoms with Gasteiger partial charge in [0.25, 0.3) is 5.91 Å². The van der Waals surface area contributed by atoms with E-state index in [4.69, 9.17) is 9.72 Å². The molecule has 0 fully saturated rings. The molecule has 1 heterocycles. The molecule has 0 radical (unpaired) electrons. The predicted molar refractivity (Wildman–Crippen MR) is 188 cm³/mol. The van der Waals surface area contributed by atoms with Crippen molar-refractivity contribution in [1.82, 2.24) is 14.9 Å². The van der Waals surface area contributed by atoms with Crippen LogP contribution in [0.15, 0.2) is 140 Å². The molecule has 7 nitrogen and oxygen atoms in total. The number of esters is 1. The van der Waals surface area contributed by atoms with Gasteiger partial charge in [0.2, 0.25) is 0 Å². The summed E-state index contributed by atoms with van der Waals surface area (Å²) < 4.78 is 6.83. The normalized spacial score (nSPS) is 13.5. The summed E-state index contributed by atoms with van der Waals surface area (Å²) >= 11 is 0. The van der Waals surface area contributed by atoms with Crippen LogP contribution in [0, 0.1) is 5.92 Å². The first kappa shape index (κ1) is 32.4. The third-order valence-corrected chi connectivity index (χ3v) is 9.22. The van der Waals surface area contributed by atoms with Crippen molar-refractivity contribution in [2.75, 3.05) is 7.11 Å². The van der Waals surface area contributed by atoms with E-state index in [1.54, 1.807) is 19.1 Å². The Kier molecular flexibility index (Phi) is 8.98. The number of methoxy groups -OCH3 is 1. The van der Waals surface area contributed by atoms with Crippen LogP contribution in [0.3, 0.4) is 0 Å². The number of benzene rings is 5. The summed E-state index contributed by atoms with van der Waals surface area (Å²) in [6.07, 6.45) is 3.78. The Hall–Kier alpha value is -5.53. The smallest absolute Gasteiger partial charge is 0.328 e. The molecule has 2 atom stereocenters. The number of ether oxygens (including phenoxy) is 1. The number of rotatable bonds is 10. The van der Waals surface area contributed by atoms with Gasteiger partial charge in [-0.05, 0) is 64.1 Å². The number of aromatic nitrogens is 2. The molecule has 0 aliphatic heterocycles. The highest BCUT2D eigenvalue weighted by molar-refractivity contribution is 6.00. The lowest BCUT2D eigenvalue weighted by atomic mass is 9.76. The molecule has 0 aliphatic carbocycles. The molecular formula is C41H39N3O4. The summed E-state index contributed by atoms with van der Waals surface area (Å²) in [7, 11) is 1.29. The highest BCUT2D eigenvalue weighted by Crippen LogP contribution is 2.43. The van der Waals surface area contributed by atoms with E-state index < -0.39 is 23.2 Å². The number of hydrogen-bond donors (Lipinski definition) is 2. The van der Waals surface area contributed by atoms with Crippen molar-refractivity contribution in [1.29, 1.82) is 0 Å². The second-order valence-corrected chi connectivity index (χ2v) is 12.4. The Morgan fingerprint density at radius 1 is 0.729 bits per heavy atom. The molecule has 1 unspecified atom stereocenters. The first-order valence-corrected chi connectivity index (χ1v) is 16.1. The Bertz CT molecular complexity index is 1940. The van der Waals surface area contributed by atoms with E-state index in [0.717, 1.165) is 27.5 Å². The number of carbonyl (C=O) groups is 2. The van der Waals surface area contributed by atoms with Gasteiger partial charge in [0, 0.05) is 11.8 Å². The standard InChI is InChI=1S/C41H39N3O4/c1-28(2)41(47,36-23-22-30-24-32(21-20-31(30)25-36)38(45)43-29(3)39(46)48-4)37-26-44(27-42-37)40(33-14-8-5-9-15-33,34-16-10-6-11-17-34)35-18-12-7-13-19-35/h5-29,47H,1-4H3,(H,43,45)/t29-,41?/m1/s1. The minimum atomic E-state index is -1.43. The van der Waals surface area contributed by atoms with Crippen molar-refractivity contribution in [3.8, 4) is 0 Å². The first-order valence-electron chi connectivity index (χ1n) is 16.1. The molecule has 0 saturated carbocycles. The number of nitrogens with zero attached hydrogens (tertiary/aromatic N) is 2. The van der Waals surface area contributed by atoms with E-state index in [1.807, 2.05) is 105 Å². The van der Waals surface area contributed by atoms with Crippen molar-refractivity contribution < 1.29 is 19.4 Å². The number of amides is 1. The average Bonchev–Trinajstić information content (AvgIpc) is 3.63. The van der Waals surface area contributed by atoms with Crippen molar-refractivity contribution >= 4 is 22.6 Å². The summed E-state index contributed by atoms with van der Waals surface area (Å²) in [4.78, 5) is 29.6. The van der Waals surface area contributed by atoms with Crippen LogP contribution in [0.5, 0.6) is 0 Å². The molecule has 0 spiro atoms. The van der Waals surface area contributed by atoms with E-state index in [1.165, 1.54) is 7.11 Å². The summed E-state index contributed by atoms with van der Waals surface area (Å²) in [5.74, 6) is -1.12. The fourth-order valence-corrected chi connectivity index (χ4v) is 6.61. The molecular weight excluding hydrogens is 598 g/mol. The van der Waals surface area contributed by atoms with E-state index in [-0.39, 0.29) is 11.8 Å². The monoisotopic (exact) mass is 637 g/mol. The summed E-state index contributed by atoms with van der Waals surface area (Å²) in [5, 5.41) is 17.0. The molecule has 1 aromatic heterocycles. The van der Waals surface area contributed by atoms with Gasteiger partial charge in [-0.1, -0.05) is 123 Å². The van der Waals surface area contributed by atoms with Gasteiger partial charge in [0.05, 0.1) is 19.1 Å². The van der Waals surface area contributed by atoms with E-state index in [2.05, 4.69) is 46.3 Å². The maximum atomic E-state index is 12.8. The highest BCUT2D eigenvalue weighted by atomic mass is 16.5. The number of aliphatic hydroxyl groups is 1. The van der Waals surface area contributed by atoms with Crippen molar-refractivity contribution in [3.05, 3.63) is 173 Å². The van der Waals surface area contributed by atoms with Gasteiger partial charge in [0.1, 0.15) is 17.2 Å². The fourth-order valence-electron chi connectivity index (χ4n) is 6.61. The molecule has 242 valence electrons. The van der Waals surface area contributed by atoms with Crippen molar-refractivity contribution in [2.24, 2.45) is 5.92 Å². The summed E-state index contributed by atoms with van der Waals surface area (Å²) in [6, 6.07) is 41.4. The zero-order chi connectivity index (χ0) is 33.9. The summed E-state index contributed by atoms with van der Waals surface area (Å²) in [6.45, 7) is 5.55. The number of carbonyl (C=O) groups excluding carboxylic acids is 2. The SMILES string of the molecule is COC(=O)[C@@H](C)NC(=O)c1ccc2cc(C(O)(c3cn(C(c4ccccc4)(c4ccccc4)c4ccccc4)cn3)C(C)C)ccc2c1. The molecule has 7 heteroatoms. The quantitative estimate of drug-likeness (QED) is 0.124. The molecule has 1 amide bonds. The Balaban J connectivity index is 1.45. The second-order valence-electron chi connectivity index (χ2n) is 12.4. The van der Waals surface area contributed by atoms with Crippen molar-refractivity contribution in [3.63, 3.8) is 0 Å². The zero-order valence-electron chi connectivity index (χ0n) is 27.5. The van der Waals surface area contributed by atoms with Gasteiger partial charge < -0.3 is 19.7 Å². The maximum absolute atomic E-state index is 12.8. The van der Waals surface area contributed by atoms with Crippen molar-refractivity contribution in [2.45, 2.75) is 38.0 Å². The molecule has 6 aromatic rings. The zero-order valence-corrected chi connectivity index (χ0v) is 27.5. The van der Waals surface area contributed by atoms with Crippen LogP contribution in [0.25, 0.3) is 10.8 Å². The topological polar surface area (TPSA) is 93.5 Å². The Labute approximate surface area is 280 Å². The number of imidazole rings is 1. The minimum Gasteiger partial charge on any atom is -0.467 e. The third kappa shape index (κ3) is 5.67.